The zero-order valence-corrected chi connectivity index (χ0v) is 16.9. The minimum absolute atomic E-state index is 0. The molecule has 0 aromatic carbocycles. The number of aliphatic imine (C=N–C) groups is 1. The Morgan fingerprint density at radius 3 is 2.50 bits per heavy atom. The summed E-state index contributed by atoms with van der Waals surface area (Å²) in [4.78, 5) is 7.40. The summed E-state index contributed by atoms with van der Waals surface area (Å²) in [7, 11) is 0. The third kappa shape index (κ3) is 6.22. The third-order valence-electron chi connectivity index (χ3n) is 4.92. The van der Waals surface area contributed by atoms with Crippen LogP contribution in [-0.2, 0) is 4.74 Å². The number of ether oxygens (including phenoxy) is 1. The molecular weight excluding hydrogens is 389 g/mol. The van der Waals surface area contributed by atoms with Crippen LogP contribution < -0.4 is 5.32 Å². The van der Waals surface area contributed by atoms with Crippen LogP contribution in [-0.4, -0.2) is 50.3 Å². The lowest BCUT2D eigenvalue weighted by atomic mass is 9.99. The van der Waals surface area contributed by atoms with Gasteiger partial charge in [-0.1, -0.05) is 6.92 Å². The van der Waals surface area contributed by atoms with Crippen molar-refractivity contribution in [3.8, 4) is 0 Å². The van der Waals surface area contributed by atoms with E-state index in [2.05, 4.69) is 31.0 Å². The van der Waals surface area contributed by atoms with Gasteiger partial charge in [0.15, 0.2) is 5.96 Å². The maximum absolute atomic E-state index is 5.52. The largest absolute Gasteiger partial charge is 0.382 e. The highest BCUT2D eigenvalue weighted by Crippen LogP contribution is 2.49. The van der Waals surface area contributed by atoms with Gasteiger partial charge in [0.25, 0.3) is 0 Å². The molecule has 130 valence electrons. The highest BCUT2D eigenvalue weighted by atomic mass is 127. The number of nitrogens with zero attached hydrogens (tertiary/aromatic N) is 2. The van der Waals surface area contributed by atoms with Crippen molar-refractivity contribution in [2.75, 3.05) is 39.4 Å². The molecule has 0 bridgehead atoms. The monoisotopic (exact) mass is 423 g/mol. The lowest BCUT2D eigenvalue weighted by Gasteiger charge is -2.33. The second kappa shape index (κ2) is 9.96. The van der Waals surface area contributed by atoms with Gasteiger partial charge in [0.05, 0.1) is 0 Å². The van der Waals surface area contributed by atoms with Crippen molar-refractivity contribution < 1.29 is 4.74 Å². The van der Waals surface area contributed by atoms with Crippen molar-refractivity contribution in [1.29, 1.82) is 0 Å². The lowest BCUT2D eigenvalue weighted by molar-refractivity contribution is 0.129. The van der Waals surface area contributed by atoms with E-state index in [0.717, 1.165) is 51.3 Å². The van der Waals surface area contributed by atoms with Gasteiger partial charge in [-0.3, -0.25) is 4.99 Å². The number of nitrogens with one attached hydrogen (secondary N) is 1. The second-order valence-electron chi connectivity index (χ2n) is 6.79. The van der Waals surface area contributed by atoms with Gasteiger partial charge < -0.3 is 15.0 Å². The number of hydrogen-bond acceptors (Lipinski definition) is 2. The van der Waals surface area contributed by atoms with E-state index < -0.39 is 0 Å². The Hall–Kier alpha value is -0.0400. The highest BCUT2D eigenvalue weighted by molar-refractivity contribution is 14.0. The first-order chi connectivity index (χ1) is 10.2. The standard InChI is InChI=1S/C17H33N3O.HI/c1-4-18-16(20-11-6-15(3)7-12-20)19-14-17(8-9-17)10-13-21-5-2;/h15H,4-14H2,1-3H3,(H,18,19);1H. The molecule has 0 unspecified atom stereocenters. The Kier molecular flexibility index (Phi) is 9.05. The summed E-state index contributed by atoms with van der Waals surface area (Å²) in [6, 6.07) is 0. The van der Waals surface area contributed by atoms with Crippen molar-refractivity contribution in [3.63, 3.8) is 0 Å². The molecule has 1 aliphatic heterocycles. The molecule has 1 saturated carbocycles. The molecule has 0 amide bonds. The molecule has 2 fully saturated rings. The number of rotatable bonds is 7. The second-order valence-corrected chi connectivity index (χ2v) is 6.79. The topological polar surface area (TPSA) is 36.9 Å². The van der Waals surface area contributed by atoms with Crippen LogP contribution in [0.15, 0.2) is 4.99 Å². The molecule has 22 heavy (non-hydrogen) atoms. The van der Waals surface area contributed by atoms with Crippen molar-refractivity contribution in [1.82, 2.24) is 10.2 Å². The Labute approximate surface area is 153 Å². The van der Waals surface area contributed by atoms with Gasteiger partial charge in [-0.15, -0.1) is 24.0 Å². The summed E-state index contributed by atoms with van der Waals surface area (Å²) in [6.45, 7) is 12.5. The van der Waals surface area contributed by atoms with Gasteiger partial charge in [0, 0.05) is 39.4 Å². The third-order valence-corrected chi connectivity index (χ3v) is 4.92. The van der Waals surface area contributed by atoms with Crippen LogP contribution in [0.4, 0.5) is 0 Å². The molecule has 0 atom stereocenters. The van der Waals surface area contributed by atoms with Crippen LogP contribution >= 0.6 is 24.0 Å². The highest BCUT2D eigenvalue weighted by Gasteiger charge is 2.42. The summed E-state index contributed by atoms with van der Waals surface area (Å²) in [5.74, 6) is 2.00. The molecular formula is C17H34IN3O. The van der Waals surface area contributed by atoms with Crippen LogP contribution in [0, 0.1) is 11.3 Å². The predicted octanol–water partition coefficient (Wildman–Crippen LogP) is 3.51. The molecule has 1 N–H and O–H groups in total. The average Bonchev–Trinajstić information content (AvgIpc) is 3.25. The Bertz CT molecular complexity index is 337. The lowest BCUT2D eigenvalue weighted by Crippen LogP contribution is -2.45. The zero-order valence-electron chi connectivity index (χ0n) is 14.6. The average molecular weight is 423 g/mol. The van der Waals surface area contributed by atoms with Crippen molar-refractivity contribution >= 4 is 29.9 Å². The molecule has 0 aromatic rings. The number of piperidine rings is 1. The van der Waals surface area contributed by atoms with Gasteiger partial charge in [0.1, 0.15) is 0 Å². The first-order valence-electron chi connectivity index (χ1n) is 8.80. The summed E-state index contributed by atoms with van der Waals surface area (Å²) < 4.78 is 5.52. The van der Waals surface area contributed by atoms with E-state index in [9.17, 15) is 0 Å². The van der Waals surface area contributed by atoms with Crippen LogP contribution in [0.3, 0.4) is 0 Å². The van der Waals surface area contributed by atoms with E-state index in [4.69, 9.17) is 9.73 Å². The molecule has 1 saturated heterocycles. The first-order valence-corrected chi connectivity index (χ1v) is 8.80. The van der Waals surface area contributed by atoms with Gasteiger partial charge >= 0.3 is 0 Å². The Morgan fingerprint density at radius 2 is 1.95 bits per heavy atom. The number of likely N-dealkylation sites (tertiary alicyclic amines) is 1. The number of guanidine groups is 1. The summed E-state index contributed by atoms with van der Waals surface area (Å²) in [5, 5.41) is 3.48. The molecule has 4 nitrogen and oxygen atoms in total. The number of halogens is 1. The molecule has 1 heterocycles. The maximum Gasteiger partial charge on any atom is 0.193 e. The summed E-state index contributed by atoms with van der Waals surface area (Å²) in [5.41, 5.74) is 0.443. The molecule has 0 aromatic heterocycles. The molecule has 2 aliphatic rings. The normalized spacial score (nSPS) is 21.4. The molecule has 0 radical (unpaired) electrons. The van der Waals surface area contributed by atoms with E-state index in [1.54, 1.807) is 0 Å². The predicted molar refractivity (Wildman–Crippen MR) is 104 cm³/mol. The van der Waals surface area contributed by atoms with E-state index in [-0.39, 0.29) is 24.0 Å². The minimum atomic E-state index is 0. The van der Waals surface area contributed by atoms with E-state index in [1.807, 2.05) is 0 Å². The maximum atomic E-state index is 5.52. The Morgan fingerprint density at radius 1 is 1.27 bits per heavy atom. The number of hydrogen-bond donors (Lipinski definition) is 1. The fourth-order valence-corrected chi connectivity index (χ4v) is 2.99. The van der Waals surface area contributed by atoms with E-state index in [0.29, 0.717) is 5.41 Å². The Balaban J connectivity index is 0.00000242. The SMILES string of the molecule is CCNC(=NCC1(CCOCC)CC1)N1CCC(C)CC1.I. The van der Waals surface area contributed by atoms with E-state index in [1.165, 1.54) is 32.1 Å². The molecule has 1 aliphatic carbocycles. The van der Waals surface area contributed by atoms with Crippen LogP contribution in [0.1, 0.15) is 52.9 Å². The van der Waals surface area contributed by atoms with E-state index >= 15 is 0 Å². The minimum Gasteiger partial charge on any atom is -0.382 e. The van der Waals surface area contributed by atoms with Crippen molar-refractivity contribution in [2.45, 2.75) is 52.9 Å². The van der Waals surface area contributed by atoms with Crippen molar-refractivity contribution in [2.24, 2.45) is 16.3 Å². The van der Waals surface area contributed by atoms with Gasteiger partial charge in [-0.25, -0.2) is 0 Å². The quantitative estimate of drug-likeness (QED) is 0.295. The smallest absolute Gasteiger partial charge is 0.193 e. The molecule has 5 heteroatoms. The van der Waals surface area contributed by atoms with Crippen molar-refractivity contribution in [3.05, 3.63) is 0 Å². The van der Waals surface area contributed by atoms with Gasteiger partial charge in [-0.2, -0.15) is 0 Å². The summed E-state index contributed by atoms with van der Waals surface area (Å²) >= 11 is 0. The fraction of sp³-hybridized carbons (Fsp3) is 0.941. The summed E-state index contributed by atoms with van der Waals surface area (Å²) in [6.07, 6.45) is 6.39. The van der Waals surface area contributed by atoms with Gasteiger partial charge in [0.2, 0.25) is 0 Å². The van der Waals surface area contributed by atoms with Gasteiger partial charge in [-0.05, 0) is 57.3 Å². The zero-order chi connectivity index (χ0) is 15.1. The first kappa shape index (κ1) is 20.0. The van der Waals surface area contributed by atoms with Crippen LogP contribution in [0.2, 0.25) is 0 Å². The fourth-order valence-electron chi connectivity index (χ4n) is 2.99. The van der Waals surface area contributed by atoms with Crippen LogP contribution in [0.5, 0.6) is 0 Å². The molecule has 0 spiro atoms. The molecule has 2 rings (SSSR count). The van der Waals surface area contributed by atoms with Crippen LogP contribution in [0.25, 0.3) is 0 Å².